The second kappa shape index (κ2) is 10.0. The minimum absolute atomic E-state index is 0.408. The van der Waals surface area contributed by atoms with Gasteiger partial charge in [0, 0.05) is 0 Å². The molecule has 0 saturated heterocycles. The molecule has 0 radical (unpaired) electrons. The molecule has 0 atom stereocenters. The zero-order valence-electron chi connectivity index (χ0n) is 6.94. The van der Waals surface area contributed by atoms with Crippen molar-refractivity contribution in [2.75, 3.05) is 0 Å². The molecule has 60 valence electrons. The molecular formula is C8H18SSn. The third-order valence-electron chi connectivity index (χ3n) is 1.68. The van der Waals surface area contributed by atoms with Gasteiger partial charge in [-0.25, -0.2) is 0 Å². The Bertz CT molecular complexity index is 73.7. The molecule has 0 aromatic carbocycles. The van der Waals surface area contributed by atoms with Gasteiger partial charge in [-0.1, -0.05) is 0 Å². The van der Waals surface area contributed by atoms with E-state index in [4.69, 9.17) is 9.29 Å². The first kappa shape index (κ1) is 11.0. The molecule has 0 spiro atoms. The minimum atomic E-state index is -0.408. The van der Waals surface area contributed by atoms with Gasteiger partial charge in [-0.2, -0.15) is 0 Å². The van der Waals surface area contributed by atoms with Gasteiger partial charge in [-0.05, 0) is 0 Å². The van der Waals surface area contributed by atoms with Crippen molar-refractivity contribution in [3.05, 3.63) is 0 Å². The molecule has 0 amide bonds. The van der Waals surface area contributed by atoms with E-state index >= 15 is 0 Å². The van der Waals surface area contributed by atoms with E-state index in [0.29, 0.717) is 0 Å². The average molecular weight is 265 g/mol. The Morgan fingerprint density at radius 2 is 1.60 bits per heavy atom. The van der Waals surface area contributed by atoms with Gasteiger partial charge in [0.15, 0.2) is 0 Å². The summed E-state index contributed by atoms with van der Waals surface area (Å²) in [4.78, 5) is 0. The molecule has 2 heteroatoms. The van der Waals surface area contributed by atoms with Crippen LogP contribution in [0.25, 0.3) is 0 Å². The van der Waals surface area contributed by atoms with E-state index in [9.17, 15) is 0 Å². The third-order valence-corrected chi connectivity index (χ3v) is 5.09. The van der Waals surface area contributed by atoms with Gasteiger partial charge >= 0.3 is 78.4 Å². The molecule has 0 nitrogen and oxygen atoms in total. The van der Waals surface area contributed by atoms with Gasteiger partial charge in [0.25, 0.3) is 0 Å². The van der Waals surface area contributed by atoms with Crippen molar-refractivity contribution in [1.82, 2.24) is 0 Å². The number of unbranched alkanes of at least 4 members (excludes halogenated alkanes) is 5. The Labute approximate surface area is 78.2 Å². The van der Waals surface area contributed by atoms with E-state index in [2.05, 4.69) is 6.92 Å². The first-order chi connectivity index (χ1) is 4.91. The van der Waals surface area contributed by atoms with Gasteiger partial charge in [0.2, 0.25) is 0 Å². The first-order valence-electron chi connectivity index (χ1n) is 4.35. The summed E-state index contributed by atoms with van der Waals surface area (Å²) in [6.45, 7) is 2.26. The summed E-state index contributed by atoms with van der Waals surface area (Å²) in [5.74, 6) is 0. The van der Waals surface area contributed by atoms with Crippen molar-refractivity contribution >= 4 is 28.5 Å². The van der Waals surface area contributed by atoms with Gasteiger partial charge in [-0.3, -0.25) is 0 Å². The van der Waals surface area contributed by atoms with Gasteiger partial charge in [0.1, 0.15) is 0 Å². The molecule has 0 aromatic rings. The predicted octanol–water partition coefficient (Wildman–Crippen LogP) is 3.31. The Balaban J connectivity index is 2.70. The second-order valence-corrected chi connectivity index (χ2v) is 7.56. The summed E-state index contributed by atoms with van der Waals surface area (Å²) in [6.07, 6.45) is 8.57. The van der Waals surface area contributed by atoms with Gasteiger partial charge < -0.3 is 0 Å². The molecule has 0 aliphatic heterocycles. The number of hydrogen-bond acceptors (Lipinski definition) is 1. The molecule has 0 aliphatic rings. The molecule has 0 bridgehead atoms. The molecule has 10 heavy (non-hydrogen) atoms. The molecule has 0 heterocycles. The van der Waals surface area contributed by atoms with Crippen LogP contribution in [0.3, 0.4) is 0 Å². The maximum atomic E-state index is 5.04. The van der Waals surface area contributed by atoms with Crippen molar-refractivity contribution < 1.29 is 0 Å². The normalized spacial score (nSPS) is 9.70. The Morgan fingerprint density at radius 1 is 1.00 bits per heavy atom. The molecule has 0 aliphatic carbocycles. The zero-order chi connectivity index (χ0) is 7.66. The van der Waals surface area contributed by atoms with E-state index in [1.807, 2.05) is 0 Å². The van der Waals surface area contributed by atoms with Crippen LogP contribution >= 0.6 is 9.29 Å². The zero-order valence-corrected chi connectivity index (χ0v) is 11.0. The van der Waals surface area contributed by atoms with Crippen LogP contribution < -0.4 is 0 Å². The standard InChI is InChI=1S/C8H17.S.Sn.H/c1-3-5-7-8-6-4-2;;;/h1,3-8H2,2H3;;;. The predicted molar refractivity (Wildman–Crippen MR) is 52.9 cm³/mol. The van der Waals surface area contributed by atoms with E-state index in [-0.39, 0.29) is 0 Å². The van der Waals surface area contributed by atoms with Crippen LogP contribution in [0.5, 0.6) is 0 Å². The number of hydrogen-bond donors (Lipinski definition) is 0. The van der Waals surface area contributed by atoms with Crippen LogP contribution in [-0.2, 0) is 0 Å². The fourth-order valence-electron chi connectivity index (χ4n) is 1.01. The fourth-order valence-corrected chi connectivity index (χ4v) is 3.43. The summed E-state index contributed by atoms with van der Waals surface area (Å²) < 4.78 is 1.44. The van der Waals surface area contributed by atoms with Crippen molar-refractivity contribution in [2.45, 2.75) is 49.9 Å². The van der Waals surface area contributed by atoms with Gasteiger partial charge in [0.05, 0.1) is 0 Å². The van der Waals surface area contributed by atoms with Crippen molar-refractivity contribution in [3.63, 3.8) is 0 Å². The van der Waals surface area contributed by atoms with Crippen LogP contribution in [0.4, 0.5) is 0 Å². The first-order valence-corrected chi connectivity index (χ1v) is 11.2. The van der Waals surface area contributed by atoms with Crippen LogP contribution in [-0.4, -0.2) is 19.2 Å². The van der Waals surface area contributed by atoms with E-state index in [1.54, 1.807) is 0 Å². The van der Waals surface area contributed by atoms with Crippen LogP contribution in [0.15, 0.2) is 0 Å². The Morgan fingerprint density at radius 3 is 2.20 bits per heavy atom. The van der Waals surface area contributed by atoms with Crippen LogP contribution in [0.2, 0.25) is 4.44 Å². The van der Waals surface area contributed by atoms with Crippen LogP contribution in [0.1, 0.15) is 45.4 Å². The fraction of sp³-hybridized carbons (Fsp3) is 1.00. The topological polar surface area (TPSA) is 0 Å². The maximum absolute atomic E-state index is 5.04. The van der Waals surface area contributed by atoms with Crippen molar-refractivity contribution in [1.29, 1.82) is 0 Å². The summed E-state index contributed by atoms with van der Waals surface area (Å²) >= 11 is -0.408. The third kappa shape index (κ3) is 9.02. The Kier molecular flexibility index (Phi) is 11.0. The summed E-state index contributed by atoms with van der Waals surface area (Å²) in [7, 11) is 5.04. The number of rotatable bonds is 7. The summed E-state index contributed by atoms with van der Waals surface area (Å²) in [6, 6.07) is 0. The summed E-state index contributed by atoms with van der Waals surface area (Å²) in [5.41, 5.74) is 0. The molecule has 0 saturated carbocycles. The average Bonchev–Trinajstić information content (AvgIpc) is 1.97. The summed E-state index contributed by atoms with van der Waals surface area (Å²) in [5, 5.41) is 0. The second-order valence-electron chi connectivity index (χ2n) is 2.72. The molecule has 0 rings (SSSR count). The van der Waals surface area contributed by atoms with Crippen LogP contribution in [0, 0.1) is 0 Å². The Hall–Kier alpha value is 1.02. The molecule has 0 aromatic heterocycles. The van der Waals surface area contributed by atoms with Gasteiger partial charge in [-0.15, -0.1) is 0 Å². The molecular weight excluding hydrogens is 247 g/mol. The van der Waals surface area contributed by atoms with Crippen molar-refractivity contribution in [2.24, 2.45) is 0 Å². The van der Waals surface area contributed by atoms with E-state index in [1.165, 1.54) is 43.0 Å². The molecule has 0 N–H and O–H groups in total. The van der Waals surface area contributed by atoms with E-state index in [0.717, 1.165) is 0 Å². The molecule has 0 fully saturated rings. The SMILES string of the molecule is CCCCCCC[CH2][SnH]=[S]. The monoisotopic (exact) mass is 266 g/mol. The molecule has 0 unspecified atom stereocenters. The quantitative estimate of drug-likeness (QED) is 0.502. The van der Waals surface area contributed by atoms with Crippen molar-refractivity contribution in [3.8, 4) is 0 Å². The van der Waals surface area contributed by atoms with E-state index < -0.39 is 19.2 Å².